The predicted molar refractivity (Wildman–Crippen MR) is 71.5 cm³/mol. The second kappa shape index (κ2) is 6.28. The molecule has 1 aliphatic heterocycles. The van der Waals surface area contributed by atoms with Gasteiger partial charge in [0.05, 0.1) is 4.88 Å². The van der Waals surface area contributed by atoms with Gasteiger partial charge in [0, 0.05) is 19.0 Å². The first-order chi connectivity index (χ1) is 8.25. The van der Waals surface area contributed by atoms with E-state index in [1.165, 1.54) is 17.8 Å². The molecule has 0 radical (unpaired) electrons. The Bertz CT molecular complexity index is 350. The third-order valence-electron chi connectivity index (χ3n) is 3.22. The van der Waals surface area contributed by atoms with Gasteiger partial charge in [-0.15, -0.1) is 11.3 Å². The van der Waals surface area contributed by atoms with E-state index in [0.29, 0.717) is 12.5 Å². The monoisotopic (exact) mass is 252 g/mol. The lowest BCUT2D eigenvalue weighted by Gasteiger charge is -2.30. The fourth-order valence-corrected chi connectivity index (χ4v) is 3.01. The van der Waals surface area contributed by atoms with Gasteiger partial charge in [0.2, 0.25) is 0 Å². The van der Waals surface area contributed by atoms with Gasteiger partial charge in [-0.2, -0.15) is 0 Å². The van der Waals surface area contributed by atoms with Crippen LogP contribution in [0.15, 0.2) is 17.5 Å². The Labute approximate surface area is 107 Å². The van der Waals surface area contributed by atoms with Crippen molar-refractivity contribution >= 4 is 17.1 Å². The number of ketones is 1. The van der Waals surface area contributed by atoms with E-state index in [1.54, 1.807) is 0 Å². The van der Waals surface area contributed by atoms with Crippen LogP contribution in [-0.4, -0.2) is 36.4 Å². The van der Waals surface area contributed by atoms with Crippen molar-refractivity contribution < 1.29 is 4.79 Å². The zero-order chi connectivity index (χ0) is 12.1. The smallest absolute Gasteiger partial charge is 0.172 e. The number of Topliss-reactive ketones (excluding diaryl/α,β-unsaturated/α-hetero) is 1. The topological polar surface area (TPSA) is 46.3 Å². The van der Waals surface area contributed by atoms with Crippen molar-refractivity contribution in [2.24, 2.45) is 5.73 Å². The zero-order valence-corrected chi connectivity index (χ0v) is 10.9. The third-order valence-corrected chi connectivity index (χ3v) is 4.13. The molecule has 1 unspecified atom stereocenters. The highest BCUT2D eigenvalue weighted by molar-refractivity contribution is 7.12. The van der Waals surface area contributed by atoms with Gasteiger partial charge in [-0.1, -0.05) is 6.07 Å². The largest absolute Gasteiger partial charge is 0.327 e. The van der Waals surface area contributed by atoms with Gasteiger partial charge in [0.25, 0.3) is 0 Å². The number of hydrogen-bond donors (Lipinski definition) is 1. The van der Waals surface area contributed by atoms with Crippen LogP contribution in [0, 0.1) is 0 Å². The average molecular weight is 252 g/mol. The van der Waals surface area contributed by atoms with Crippen molar-refractivity contribution in [1.29, 1.82) is 0 Å². The fourth-order valence-electron chi connectivity index (χ4n) is 2.32. The summed E-state index contributed by atoms with van der Waals surface area (Å²) in [4.78, 5) is 15.1. The highest BCUT2D eigenvalue weighted by atomic mass is 32.1. The molecule has 2 N–H and O–H groups in total. The molecule has 0 saturated carbocycles. The van der Waals surface area contributed by atoms with Gasteiger partial charge >= 0.3 is 0 Å². The summed E-state index contributed by atoms with van der Waals surface area (Å²) < 4.78 is 0. The van der Waals surface area contributed by atoms with Gasteiger partial charge in [-0.3, -0.25) is 4.79 Å². The molecule has 1 aromatic heterocycles. The molecular weight excluding hydrogens is 232 g/mol. The Morgan fingerprint density at radius 3 is 3.18 bits per heavy atom. The highest BCUT2D eigenvalue weighted by Gasteiger charge is 2.16. The minimum absolute atomic E-state index is 0.279. The average Bonchev–Trinajstić information content (AvgIpc) is 2.82. The number of carbonyl (C=O) groups excluding carboxylic acids is 1. The molecule has 94 valence electrons. The minimum Gasteiger partial charge on any atom is -0.327 e. The van der Waals surface area contributed by atoms with Crippen molar-refractivity contribution in [2.75, 3.05) is 19.6 Å². The molecule has 1 saturated heterocycles. The zero-order valence-electron chi connectivity index (χ0n) is 10.1. The molecule has 1 fully saturated rings. The normalized spacial score (nSPS) is 21.6. The molecule has 1 atom stereocenters. The summed E-state index contributed by atoms with van der Waals surface area (Å²) in [5, 5.41) is 1.96. The van der Waals surface area contributed by atoms with E-state index in [9.17, 15) is 4.79 Å². The number of nitrogens with two attached hydrogens (primary N) is 1. The maximum atomic E-state index is 11.8. The van der Waals surface area contributed by atoms with E-state index in [2.05, 4.69) is 4.90 Å². The van der Waals surface area contributed by atoms with Crippen molar-refractivity contribution in [3.63, 3.8) is 0 Å². The van der Waals surface area contributed by atoms with Crippen molar-refractivity contribution in [2.45, 2.75) is 31.7 Å². The maximum absolute atomic E-state index is 11.8. The number of likely N-dealkylation sites (tertiary alicyclic amines) is 1. The SMILES string of the molecule is NC1CCCN(CCCC(=O)c2cccs2)C1. The summed E-state index contributed by atoms with van der Waals surface area (Å²) >= 11 is 1.53. The first-order valence-electron chi connectivity index (χ1n) is 6.30. The molecule has 4 heteroatoms. The van der Waals surface area contributed by atoms with Gasteiger partial charge in [0.15, 0.2) is 5.78 Å². The van der Waals surface area contributed by atoms with Gasteiger partial charge in [-0.25, -0.2) is 0 Å². The van der Waals surface area contributed by atoms with E-state index in [1.807, 2.05) is 17.5 Å². The second-order valence-corrected chi connectivity index (χ2v) is 5.65. The predicted octanol–water partition coefficient (Wildman–Crippen LogP) is 2.13. The van der Waals surface area contributed by atoms with E-state index in [0.717, 1.165) is 37.4 Å². The maximum Gasteiger partial charge on any atom is 0.172 e. The van der Waals surface area contributed by atoms with Gasteiger partial charge in [0.1, 0.15) is 0 Å². The lowest BCUT2D eigenvalue weighted by Crippen LogP contribution is -2.43. The Balaban J connectivity index is 1.67. The summed E-state index contributed by atoms with van der Waals surface area (Å²) in [6.07, 6.45) is 3.94. The van der Waals surface area contributed by atoms with E-state index >= 15 is 0 Å². The molecule has 1 aliphatic rings. The van der Waals surface area contributed by atoms with E-state index < -0.39 is 0 Å². The van der Waals surface area contributed by atoms with Crippen LogP contribution in [0.1, 0.15) is 35.4 Å². The Hall–Kier alpha value is -0.710. The van der Waals surface area contributed by atoms with Gasteiger partial charge < -0.3 is 10.6 Å². The van der Waals surface area contributed by atoms with Crippen LogP contribution in [0.25, 0.3) is 0 Å². The molecule has 0 amide bonds. The fraction of sp³-hybridized carbons (Fsp3) is 0.615. The Morgan fingerprint density at radius 2 is 2.47 bits per heavy atom. The van der Waals surface area contributed by atoms with Crippen LogP contribution < -0.4 is 5.73 Å². The minimum atomic E-state index is 0.279. The molecule has 3 nitrogen and oxygen atoms in total. The molecule has 1 aromatic rings. The standard InChI is InChI=1S/C13H20N2OS/c14-11-4-1-7-15(10-11)8-2-5-12(16)13-6-3-9-17-13/h3,6,9,11H,1-2,4-5,7-8,10,14H2. The van der Waals surface area contributed by atoms with Crippen molar-refractivity contribution in [1.82, 2.24) is 4.90 Å². The van der Waals surface area contributed by atoms with E-state index in [-0.39, 0.29) is 5.78 Å². The second-order valence-electron chi connectivity index (χ2n) is 4.71. The summed E-state index contributed by atoms with van der Waals surface area (Å²) in [5.74, 6) is 0.279. The van der Waals surface area contributed by atoms with Gasteiger partial charge in [-0.05, 0) is 43.8 Å². The number of nitrogens with zero attached hydrogens (tertiary/aromatic N) is 1. The first kappa shape index (κ1) is 12.7. The first-order valence-corrected chi connectivity index (χ1v) is 7.18. The molecule has 2 rings (SSSR count). The number of hydrogen-bond acceptors (Lipinski definition) is 4. The third kappa shape index (κ3) is 3.91. The summed E-state index contributed by atoms with van der Waals surface area (Å²) in [6, 6.07) is 4.17. The summed E-state index contributed by atoms with van der Waals surface area (Å²) in [5.41, 5.74) is 5.93. The molecular formula is C13H20N2OS. The Morgan fingerprint density at radius 1 is 1.59 bits per heavy atom. The summed E-state index contributed by atoms with van der Waals surface area (Å²) in [7, 11) is 0. The van der Waals surface area contributed by atoms with Crippen LogP contribution in [0.3, 0.4) is 0 Å². The van der Waals surface area contributed by atoms with Crippen LogP contribution in [0.2, 0.25) is 0 Å². The summed E-state index contributed by atoms with van der Waals surface area (Å²) in [6.45, 7) is 3.14. The molecule has 2 heterocycles. The Kier molecular flexibility index (Phi) is 4.71. The molecule has 0 aromatic carbocycles. The number of carbonyl (C=O) groups is 1. The van der Waals surface area contributed by atoms with Crippen molar-refractivity contribution in [3.8, 4) is 0 Å². The number of piperidine rings is 1. The lowest BCUT2D eigenvalue weighted by molar-refractivity contribution is 0.0976. The lowest BCUT2D eigenvalue weighted by atomic mass is 10.1. The highest BCUT2D eigenvalue weighted by Crippen LogP contribution is 2.13. The molecule has 0 aliphatic carbocycles. The number of rotatable bonds is 5. The van der Waals surface area contributed by atoms with E-state index in [4.69, 9.17) is 5.73 Å². The number of thiophene rings is 1. The van der Waals surface area contributed by atoms with Crippen LogP contribution in [0.5, 0.6) is 0 Å². The molecule has 0 bridgehead atoms. The van der Waals surface area contributed by atoms with Crippen LogP contribution >= 0.6 is 11.3 Å². The molecule has 17 heavy (non-hydrogen) atoms. The quantitative estimate of drug-likeness (QED) is 0.817. The van der Waals surface area contributed by atoms with Crippen LogP contribution in [-0.2, 0) is 0 Å². The van der Waals surface area contributed by atoms with Crippen molar-refractivity contribution in [3.05, 3.63) is 22.4 Å². The molecule has 0 spiro atoms. The van der Waals surface area contributed by atoms with Crippen LogP contribution in [0.4, 0.5) is 0 Å².